The van der Waals surface area contributed by atoms with Crippen molar-refractivity contribution in [1.82, 2.24) is 30.0 Å². The van der Waals surface area contributed by atoms with E-state index in [1.165, 1.54) is 19.5 Å². The van der Waals surface area contributed by atoms with Crippen molar-refractivity contribution in [3.05, 3.63) is 54.7 Å². The minimum atomic E-state index is -0.453. The number of nitrogens with zero attached hydrogens (tertiary/aromatic N) is 5. The van der Waals surface area contributed by atoms with E-state index in [4.69, 9.17) is 9.47 Å². The average Bonchev–Trinajstić information content (AvgIpc) is 3.25. The largest absolute Gasteiger partial charge is 0.493 e. The maximum atomic E-state index is 14.6. The number of fused-ring (bicyclic) bond motifs is 1. The highest BCUT2D eigenvalue weighted by Gasteiger charge is 2.23. The summed E-state index contributed by atoms with van der Waals surface area (Å²) in [7, 11) is 3.27. The van der Waals surface area contributed by atoms with Gasteiger partial charge in [-0.15, -0.1) is 0 Å². The Balaban J connectivity index is 1.62. The van der Waals surface area contributed by atoms with E-state index in [1.54, 1.807) is 53.2 Å². The monoisotopic (exact) mass is 462 g/mol. The lowest BCUT2D eigenvalue weighted by Crippen LogP contribution is -2.47. The van der Waals surface area contributed by atoms with E-state index in [-0.39, 0.29) is 11.6 Å². The van der Waals surface area contributed by atoms with E-state index >= 15 is 0 Å². The van der Waals surface area contributed by atoms with Crippen molar-refractivity contribution in [3.8, 4) is 34.0 Å². The second-order valence-corrected chi connectivity index (χ2v) is 7.89. The van der Waals surface area contributed by atoms with Crippen molar-refractivity contribution in [2.24, 2.45) is 7.05 Å². The molecule has 1 aliphatic rings. The lowest BCUT2D eigenvalue weighted by Gasteiger charge is -2.26. The molecule has 0 atom stereocenters. The summed E-state index contributed by atoms with van der Waals surface area (Å²) in [5.74, 6) is 0.250. The minimum Gasteiger partial charge on any atom is -0.493 e. The van der Waals surface area contributed by atoms with Crippen LogP contribution in [0.1, 0.15) is 0 Å². The van der Waals surface area contributed by atoms with E-state index in [0.29, 0.717) is 65.3 Å². The van der Waals surface area contributed by atoms with Gasteiger partial charge in [-0.3, -0.25) is 4.68 Å². The van der Waals surface area contributed by atoms with Gasteiger partial charge in [0.15, 0.2) is 11.5 Å². The highest BCUT2D eigenvalue weighted by atomic mass is 19.1. The number of rotatable bonds is 4. The second kappa shape index (κ2) is 9.06. The zero-order valence-corrected chi connectivity index (χ0v) is 18.8. The third kappa shape index (κ3) is 4.03. The second-order valence-electron chi connectivity index (χ2n) is 7.89. The summed E-state index contributed by atoms with van der Waals surface area (Å²) in [6, 6.07) is 9.83. The molecule has 1 aliphatic heterocycles. The Morgan fingerprint density at radius 1 is 1.06 bits per heavy atom. The number of aromatic nitrogens is 4. The van der Waals surface area contributed by atoms with Crippen LogP contribution >= 0.6 is 0 Å². The molecule has 174 valence electrons. The Bertz CT molecular complexity index is 1370. The van der Waals surface area contributed by atoms with Crippen LogP contribution in [-0.4, -0.2) is 64.0 Å². The van der Waals surface area contributed by atoms with Crippen molar-refractivity contribution in [1.29, 1.82) is 0 Å². The molecule has 1 amide bonds. The van der Waals surface area contributed by atoms with Crippen LogP contribution in [0, 0.1) is 5.82 Å². The van der Waals surface area contributed by atoms with Gasteiger partial charge >= 0.3 is 6.09 Å². The van der Waals surface area contributed by atoms with Gasteiger partial charge in [0, 0.05) is 62.0 Å². The van der Waals surface area contributed by atoms with Crippen LogP contribution in [-0.2, 0) is 7.05 Å². The smallest absolute Gasteiger partial charge is 0.415 e. The molecule has 0 aliphatic carbocycles. The number of methoxy groups -OCH3 is 1. The van der Waals surface area contributed by atoms with Crippen LogP contribution in [0.3, 0.4) is 0 Å². The van der Waals surface area contributed by atoms with Crippen LogP contribution in [0.2, 0.25) is 0 Å². The fraction of sp³-hybridized carbons (Fsp3) is 0.250. The summed E-state index contributed by atoms with van der Waals surface area (Å²) in [6.07, 6.45) is 2.76. The fourth-order valence-electron chi connectivity index (χ4n) is 4.04. The Labute approximate surface area is 195 Å². The number of amides is 1. The quantitative estimate of drug-likeness (QED) is 0.498. The van der Waals surface area contributed by atoms with Gasteiger partial charge in [0.25, 0.3) is 0 Å². The first-order chi connectivity index (χ1) is 16.5. The molecule has 34 heavy (non-hydrogen) atoms. The number of benzene rings is 2. The summed E-state index contributed by atoms with van der Waals surface area (Å²) in [4.78, 5) is 23.2. The number of carbonyl (C=O) groups is 1. The molecule has 1 fully saturated rings. The minimum absolute atomic E-state index is 0.255. The van der Waals surface area contributed by atoms with Crippen molar-refractivity contribution in [2.75, 3.05) is 33.3 Å². The number of ether oxygens (including phenoxy) is 2. The zero-order valence-electron chi connectivity index (χ0n) is 18.8. The zero-order chi connectivity index (χ0) is 23.7. The number of carbonyl (C=O) groups excluding carboxylic acids is 1. The SMILES string of the molecule is COc1cc2ncnc(-c3cn(C)nc3-c3ccccc3F)c2cc1OC(=O)N1CCNCC1. The first-order valence-electron chi connectivity index (χ1n) is 10.8. The van der Waals surface area contributed by atoms with Crippen LogP contribution in [0.4, 0.5) is 9.18 Å². The normalized spacial score (nSPS) is 13.8. The van der Waals surface area contributed by atoms with E-state index in [9.17, 15) is 9.18 Å². The van der Waals surface area contributed by atoms with Gasteiger partial charge in [-0.05, 0) is 18.2 Å². The van der Waals surface area contributed by atoms with E-state index in [2.05, 4.69) is 20.4 Å². The molecule has 2 aromatic heterocycles. The van der Waals surface area contributed by atoms with Gasteiger partial charge in [-0.2, -0.15) is 5.10 Å². The van der Waals surface area contributed by atoms with Gasteiger partial charge in [0.1, 0.15) is 17.8 Å². The Kier molecular flexibility index (Phi) is 5.81. The van der Waals surface area contributed by atoms with Gasteiger partial charge in [-0.1, -0.05) is 12.1 Å². The Morgan fingerprint density at radius 2 is 1.85 bits per heavy atom. The number of halogens is 1. The number of nitrogens with one attached hydrogen (secondary N) is 1. The van der Waals surface area contributed by atoms with Gasteiger partial charge in [-0.25, -0.2) is 19.2 Å². The van der Waals surface area contributed by atoms with Crippen molar-refractivity contribution in [3.63, 3.8) is 0 Å². The predicted octanol–water partition coefficient (Wildman–Crippen LogP) is 3.25. The summed E-state index contributed by atoms with van der Waals surface area (Å²) >= 11 is 0. The van der Waals surface area contributed by atoms with Crippen LogP contribution < -0.4 is 14.8 Å². The summed E-state index contributed by atoms with van der Waals surface area (Å²) in [5, 5.41) is 8.31. The maximum absolute atomic E-state index is 14.6. The topological polar surface area (TPSA) is 94.4 Å². The van der Waals surface area contributed by atoms with Gasteiger partial charge < -0.3 is 19.7 Å². The van der Waals surface area contributed by atoms with Crippen molar-refractivity contribution < 1.29 is 18.7 Å². The van der Waals surface area contributed by atoms with Crippen molar-refractivity contribution >= 4 is 17.0 Å². The number of piperazine rings is 1. The van der Waals surface area contributed by atoms with Gasteiger partial charge in [0.2, 0.25) is 0 Å². The molecule has 9 nitrogen and oxygen atoms in total. The Morgan fingerprint density at radius 3 is 2.62 bits per heavy atom. The molecule has 5 rings (SSSR count). The van der Waals surface area contributed by atoms with Crippen LogP contribution in [0.5, 0.6) is 11.5 Å². The molecule has 3 heterocycles. The molecule has 1 saturated heterocycles. The molecule has 0 radical (unpaired) electrons. The molecule has 0 bridgehead atoms. The standard InChI is InChI=1S/C24H23FN6O3/c1-30-13-17(23(29-30)15-5-3-4-6-18(15)25)22-16-11-21(20(33-2)12-19(16)27-14-28-22)34-24(32)31-9-7-26-8-10-31/h3-6,11-14,26H,7-10H2,1-2H3. The average molecular weight is 462 g/mol. The lowest BCUT2D eigenvalue weighted by molar-refractivity contribution is 0.144. The molecule has 4 aromatic rings. The molecular formula is C24H23FN6O3. The Hall–Kier alpha value is -4.05. The third-order valence-corrected chi connectivity index (χ3v) is 5.71. The third-order valence-electron chi connectivity index (χ3n) is 5.71. The molecule has 10 heteroatoms. The van der Waals surface area contributed by atoms with E-state index in [0.717, 1.165) is 0 Å². The first-order valence-corrected chi connectivity index (χ1v) is 10.8. The van der Waals surface area contributed by atoms with E-state index < -0.39 is 6.09 Å². The number of hydrogen-bond acceptors (Lipinski definition) is 7. The van der Waals surface area contributed by atoms with Crippen LogP contribution in [0.15, 0.2) is 48.9 Å². The van der Waals surface area contributed by atoms with E-state index in [1.807, 2.05) is 0 Å². The molecule has 1 N–H and O–H groups in total. The predicted molar refractivity (Wildman–Crippen MR) is 124 cm³/mol. The molecule has 0 unspecified atom stereocenters. The fourth-order valence-corrected chi connectivity index (χ4v) is 4.04. The maximum Gasteiger partial charge on any atom is 0.415 e. The molecule has 2 aromatic carbocycles. The molecule has 0 spiro atoms. The molecule has 0 saturated carbocycles. The number of hydrogen-bond donors (Lipinski definition) is 1. The van der Waals surface area contributed by atoms with Gasteiger partial charge in [0.05, 0.1) is 18.3 Å². The lowest BCUT2D eigenvalue weighted by atomic mass is 10.0. The highest BCUT2D eigenvalue weighted by Crippen LogP contribution is 2.38. The highest BCUT2D eigenvalue weighted by molar-refractivity contribution is 5.97. The summed E-state index contributed by atoms with van der Waals surface area (Å²) in [6.45, 7) is 2.54. The number of aryl methyl sites for hydroxylation is 1. The summed E-state index contributed by atoms with van der Waals surface area (Å²) < 4.78 is 27.4. The summed E-state index contributed by atoms with van der Waals surface area (Å²) in [5.41, 5.74) is 2.58. The van der Waals surface area contributed by atoms with Crippen LogP contribution in [0.25, 0.3) is 33.4 Å². The molecular weight excluding hydrogens is 439 g/mol. The first kappa shape index (κ1) is 21.8. The van der Waals surface area contributed by atoms with Crippen molar-refractivity contribution in [2.45, 2.75) is 0 Å².